The number of hydrogen-bond acceptors (Lipinski definition) is 1. The molecule has 2 nitrogen and oxygen atoms in total. The van der Waals surface area contributed by atoms with Gasteiger partial charge in [-0.15, -0.1) is 0 Å². The molecular formula is C20H36O2. The van der Waals surface area contributed by atoms with E-state index >= 15 is 0 Å². The number of rotatable bonds is 16. The summed E-state index contributed by atoms with van der Waals surface area (Å²) in [6, 6.07) is 0. The third-order valence-corrected chi connectivity index (χ3v) is 3.81. The van der Waals surface area contributed by atoms with Crippen LogP contribution in [0.15, 0.2) is 24.3 Å². The number of carbonyl (C=O) groups is 1. The van der Waals surface area contributed by atoms with Crippen LogP contribution < -0.4 is 0 Å². The van der Waals surface area contributed by atoms with Crippen LogP contribution in [-0.4, -0.2) is 11.1 Å². The maximum atomic E-state index is 10.3. The second-order valence-electron chi connectivity index (χ2n) is 6.07. The van der Waals surface area contributed by atoms with Gasteiger partial charge in [-0.05, 0) is 57.8 Å². The van der Waals surface area contributed by atoms with Crippen LogP contribution in [0.5, 0.6) is 0 Å². The summed E-state index contributed by atoms with van der Waals surface area (Å²) in [5.41, 5.74) is 0. The Morgan fingerprint density at radius 2 is 1.09 bits per heavy atom. The highest BCUT2D eigenvalue weighted by atomic mass is 16.4. The van der Waals surface area contributed by atoms with Crippen LogP contribution in [0.4, 0.5) is 0 Å². The zero-order valence-electron chi connectivity index (χ0n) is 14.6. The molecule has 1 N–H and O–H groups in total. The van der Waals surface area contributed by atoms with Crippen LogP contribution >= 0.6 is 0 Å². The summed E-state index contributed by atoms with van der Waals surface area (Å²) in [7, 11) is 0. The first-order valence-corrected chi connectivity index (χ1v) is 9.29. The number of hydrogen-bond donors (Lipinski definition) is 1. The lowest BCUT2D eigenvalue weighted by molar-refractivity contribution is -0.137. The maximum Gasteiger partial charge on any atom is 0.303 e. The summed E-state index contributed by atoms with van der Waals surface area (Å²) in [5.74, 6) is -0.675. The van der Waals surface area contributed by atoms with Gasteiger partial charge in [0.2, 0.25) is 0 Å². The second kappa shape index (κ2) is 18.0. The zero-order valence-corrected chi connectivity index (χ0v) is 14.6. The predicted octanol–water partition coefficient (Wildman–Crippen LogP) is 6.66. The number of allylic oxidation sites excluding steroid dienone is 4. The molecular weight excluding hydrogens is 272 g/mol. The lowest BCUT2D eigenvalue weighted by Crippen LogP contribution is -1.93. The van der Waals surface area contributed by atoms with Crippen molar-refractivity contribution in [3.63, 3.8) is 0 Å². The van der Waals surface area contributed by atoms with Crippen molar-refractivity contribution in [2.45, 2.75) is 96.8 Å². The van der Waals surface area contributed by atoms with Gasteiger partial charge in [0.1, 0.15) is 0 Å². The minimum atomic E-state index is -0.675. The number of unbranched alkanes of at least 4 members (excludes halogenated alkanes) is 10. The highest BCUT2D eigenvalue weighted by Gasteiger charge is 1.94. The highest BCUT2D eigenvalue weighted by Crippen LogP contribution is 2.07. The van der Waals surface area contributed by atoms with Crippen LogP contribution in [0.2, 0.25) is 0 Å². The van der Waals surface area contributed by atoms with Crippen molar-refractivity contribution >= 4 is 5.97 Å². The summed E-state index contributed by atoms with van der Waals surface area (Å²) in [5, 5.41) is 8.52. The molecule has 22 heavy (non-hydrogen) atoms. The topological polar surface area (TPSA) is 37.3 Å². The molecule has 0 aliphatic carbocycles. The molecule has 2 heteroatoms. The summed E-state index contributed by atoms with van der Waals surface area (Å²) in [6.07, 6.45) is 25.2. The van der Waals surface area contributed by atoms with E-state index in [9.17, 15) is 4.79 Å². The van der Waals surface area contributed by atoms with Crippen molar-refractivity contribution in [2.75, 3.05) is 0 Å². The molecule has 0 radical (unpaired) electrons. The molecule has 0 aliphatic rings. The van der Waals surface area contributed by atoms with E-state index in [1.807, 2.05) is 0 Å². The van der Waals surface area contributed by atoms with Crippen molar-refractivity contribution in [2.24, 2.45) is 0 Å². The fourth-order valence-electron chi connectivity index (χ4n) is 2.40. The maximum absolute atomic E-state index is 10.3. The Labute approximate surface area is 137 Å². The van der Waals surface area contributed by atoms with Crippen molar-refractivity contribution in [3.05, 3.63) is 24.3 Å². The zero-order chi connectivity index (χ0) is 16.3. The molecule has 0 fully saturated rings. The fraction of sp³-hybridized carbons (Fsp3) is 0.750. The Kier molecular flexibility index (Phi) is 17.1. The molecule has 0 amide bonds. The number of carboxylic acids is 1. The van der Waals surface area contributed by atoms with Gasteiger partial charge in [-0.25, -0.2) is 0 Å². The molecule has 0 bridgehead atoms. The molecule has 0 aromatic heterocycles. The molecule has 0 aromatic carbocycles. The summed E-state index contributed by atoms with van der Waals surface area (Å²) in [6.45, 7) is 2.25. The van der Waals surface area contributed by atoms with E-state index in [1.165, 1.54) is 57.8 Å². The van der Waals surface area contributed by atoms with Gasteiger partial charge in [0.25, 0.3) is 0 Å². The van der Waals surface area contributed by atoms with E-state index in [0.717, 1.165) is 25.7 Å². The first-order chi connectivity index (χ1) is 10.8. The van der Waals surface area contributed by atoms with Crippen LogP contribution in [0.3, 0.4) is 0 Å². The van der Waals surface area contributed by atoms with Crippen molar-refractivity contribution in [1.82, 2.24) is 0 Å². The second-order valence-corrected chi connectivity index (χ2v) is 6.07. The molecule has 0 aliphatic heterocycles. The number of carboxylic acid groups (broad SMARTS) is 1. The first-order valence-electron chi connectivity index (χ1n) is 9.29. The predicted molar refractivity (Wildman–Crippen MR) is 96.2 cm³/mol. The van der Waals surface area contributed by atoms with Gasteiger partial charge in [0.05, 0.1) is 0 Å². The standard InChI is InChI=1S/C20H36O2/c1-2-3-4-5-6-7-8-9-10-11-12-13-14-15-16-17-18-19-20(21)22/h7-8,13-14H,2-6,9-12,15-19H2,1H3,(H,21,22)/b8-7-,14-13-. The Morgan fingerprint density at radius 3 is 1.50 bits per heavy atom. The van der Waals surface area contributed by atoms with E-state index in [4.69, 9.17) is 5.11 Å². The molecule has 0 saturated carbocycles. The molecule has 128 valence electrons. The average molecular weight is 309 g/mol. The van der Waals surface area contributed by atoms with Gasteiger partial charge < -0.3 is 5.11 Å². The molecule has 0 spiro atoms. The Morgan fingerprint density at radius 1 is 0.682 bits per heavy atom. The van der Waals surface area contributed by atoms with Gasteiger partial charge >= 0.3 is 5.97 Å². The Balaban J connectivity index is 3.17. The highest BCUT2D eigenvalue weighted by molar-refractivity contribution is 5.66. The summed E-state index contributed by atoms with van der Waals surface area (Å²) < 4.78 is 0. The molecule has 0 aromatic rings. The third kappa shape index (κ3) is 18.9. The van der Waals surface area contributed by atoms with E-state index in [-0.39, 0.29) is 0 Å². The van der Waals surface area contributed by atoms with E-state index in [0.29, 0.717) is 6.42 Å². The lowest BCUT2D eigenvalue weighted by Gasteiger charge is -1.96. The smallest absolute Gasteiger partial charge is 0.303 e. The largest absolute Gasteiger partial charge is 0.481 e. The normalized spacial score (nSPS) is 11.7. The fourth-order valence-corrected chi connectivity index (χ4v) is 2.40. The summed E-state index contributed by atoms with van der Waals surface area (Å²) in [4.78, 5) is 10.3. The van der Waals surface area contributed by atoms with Gasteiger partial charge in [-0.1, -0.05) is 56.9 Å². The quantitative estimate of drug-likeness (QED) is 0.255. The van der Waals surface area contributed by atoms with E-state index in [2.05, 4.69) is 31.2 Å². The lowest BCUT2D eigenvalue weighted by atomic mass is 10.1. The SMILES string of the molecule is CCCCCC/C=C\CCCC/C=C\CCCCCC(=O)O. The van der Waals surface area contributed by atoms with Gasteiger partial charge in [0.15, 0.2) is 0 Å². The van der Waals surface area contributed by atoms with Crippen LogP contribution in [0.25, 0.3) is 0 Å². The van der Waals surface area contributed by atoms with Gasteiger partial charge in [-0.3, -0.25) is 4.79 Å². The minimum absolute atomic E-state index is 0.315. The van der Waals surface area contributed by atoms with Crippen molar-refractivity contribution < 1.29 is 9.90 Å². The van der Waals surface area contributed by atoms with Crippen molar-refractivity contribution in [1.29, 1.82) is 0 Å². The van der Waals surface area contributed by atoms with Gasteiger partial charge in [0, 0.05) is 6.42 Å². The van der Waals surface area contributed by atoms with Crippen LogP contribution in [0.1, 0.15) is 96.8 Å². The molecule has 0 heterocycles. The van der Waals surface area contributed by atoms with Crippen LogP contribution in [0, 0.1) is 0 Å². The minimum Gasteiger partial charge on any atom is -0.481 e. The first kappa shape index (κ1) is 20.9. The van der Waals surface area contributed by atoms with E-state index in [1.54, 1.807) is 0 Å². The van der Waals surface area contributed by atoms with Gasteiger partial charge in [-0.2, -0.15) is 0 Å². The van der Waals surface area contributed by atoms with E-state index < -0.39 is 5.97 Å². The molecule has 0 atom stereocenters. The summed E-state index contributed by atoms with van der Waals surface area (Å²) >= 11 is 0. The number of aliphatic carboxylic acids is 1. The molecule has 0 unspecified atom stereocenters. The Hall–Kier alpha value is -1.05. The van der Waals surface area contributed by atoms with Crippen LogP contribution in [-0.2, 0) is 4.79 Å². The molecule has 0 saturated heterocycles. The molecule has 0 rings (SSSR count). The Bertz CT molecular complexity index is 292. The average Bonchev–Trinajstić information content (AvgIpc) is 2.50. The monoisotopic (exact) mass is 308 g/mol. The van der Waals surface area contributed by atoms with Crippen molar-refractivity contribution in [3.8, 4) is 0 Å². The third-order valence-electron chi connectivity index (χ3n) is 3.81.